The van der Waals surface area contributed by atoms with Gasteiger partial charge in [0.1, 0.15) is 34.9 Å². The van der Waals surface area contributed by atoms with E-state index in [9.17, 15) is 5.11 Å². The van der Waals surface area contributed by atoms with E-state index in [1.165, 1.54) is 0 Å². The van der Waals surface area contributed by atoms with Gasteiger partial charge in [-0.15, -0.1) is 11.3 Å². The molecule has 0 aliphatic carbocycles. The average Bonchev–Trinajstić information content (AvgIpc) is 3.64. The molecule has 0 unspecified atom stereocenters. The van der Waals surface area contributed by atoms with Gasteiger partial charge in [-0.2, -0.15) is 0 Å². The Labute approximate surface area is 237 Å². The summed E-state index contributed by atoms with van der Waals surface area (Å²) in [6.45, 7) is 5.05. The number of aliphatic hydroxyl groups excluding tert-OH is 1. The molecule has 1 saturated heterocycles. The molecule has 0 radical (unpaired) electrons. The number of aliphatic hydroxyl groups is 1. The first-order valence-corrected chi connectivity index (χ1v) is 14.3. The summed E-state index contributed by atoms with van der Waals surface area (Å²) in [6, 6.07) is 25.9. The van der Waals surface area contributed by atoms with Crippen LogP contribution in [-0.2, 0) is 6.54 Å². The Balaban J connectivity index is 0.962. The van der Waals surface area contributed by atoms with E-state index in [0.717, 1.165) is 75.5 Å². The second-order valence-corrected chi connectivity index (χ2v) is 11.0. The van der Waals surface area contributed by atoms with Gasteiger partial charge in [0.05, 0.1) is 23.9 Å². The van der Waals surface area contributed by atoms with E-state index in [2.05, 4.69) is 27.1 Å². The maximum atomic E-state index is 10.7. The Hall–Kier alpha value is -3.76. The minimum absolute atomic E-state index is 0.241. The topological polar surface area (TPSA) is 84.1 Å². The Bertz CT molecular complexity index is 1550. The highest BCUT2D eigenvalue weighted by Gasteiger charge is 2.21. The van der Waals surface area contributed by atoms with Crippen molar-refractivity contribution in [2.75, 3.05) is 46.4 Å². The standard InChI is InChI=1S/C31H32N4O4S/c1-37-29-10-6-5-9-26(29)27-18-25(39-33-27)20-35-15-13-34(14-16-35)19-23(36)21-38-24-11-12-30-28(17-24)32-31(40-30)22-7-3-2-4-8-22/h2-12,17-18,23,36H,13-16,19-21H2,1H3/t23-/m1/s1. The van der Waals surface area contributed by atoms with Crippen LogP contribution in [0.15, 0.2) is 83.4 Å². The van der Waals surface area contributed by atoms with Gasteiger partial charge in [-0.1, -0.05) is 47.6 Å². The van der Waals surface area contributed by atoms with Crippen molar-refractivity contribution in [3.8, 4) is 33.3 Å². The molecule has 0 amide bonds. The average molecular weight is 557 g/mol. The summed E-state index contributed by atoms with van der Waals surface area (Å²) in [4.78, 5) is 9.40. The van der Waals surface area contributed by atoms with Crippen molar-refractivity contribution >= 4 is 21.6 Å². The number of hydrogen-bond donors (Lipinski definition) is 1. The first-order chi connectivity index (χ1) is 19.6. The minimum Gasteiger partial charge on any atom is -0.496 e. The predicted octanol–water partition coefficient (Wildman–Crippen LogP) is 5.18. The number of para-hydroxylation sites is 1. The Morgan fingerprint density at radius 2 is 1.73 bits per heavy atom. The number of β-amino-alcohol motifs (C(OH)–C–C–N with tert-alkyl or cyclic N) is 1. The molecule has 1 N–H and O–H groups in total. The van der Waals surface area contributed by atoms with Crippen molar-refractivity contribution < 1.29 is 19.1 Å². The lowest BCUT2D eigenvalue weighted by molar-refractivity contribution is 0.0430. The number of benzene rings is 3. The molecule has 1 aliphatic heterocycles. The van der Waals surface area contributed by atoms with E-state index in [4.69, 9.17) is 19.0 Å². The van der Waals surface area contributed by atoms with Gasteiger partial charge in [-0.3, -0.25) is 9.80 Å². The van der Waals surface area contributed by atoms with Crippen LogP contribution in [0.1, 0.15) is 5.76 Å². The Morgan fingerprint density at radius 3 is 2.55 bits per heavy atom. The van der Waals surface area contributed by atoms with Crippen molar-refractivity contribution in [2.45, 2.75) is 12.6 Å². The number of rotatable bonds is 10. The molecular weight excluding hydrogens is 524 g/mol. The number of methoxy groups -OCH3 is 1. The fourth-order valence-electron chi connectivity index (χ4n) is 4.97. The number of ether oxygens (including phenoxy) is 2. The van der Waals surface area contributed by atoms with Crippen LogP contribution in [0.3, 0.4) is 0 Å². The highest BCUT2D eigenvalue weighted by Crippen LogP contribution is 2.32. The van der Waals surface area contributed by atoms with Crippen LogP contribution < -0.4 is 9.47 Å². The van der Waals surface area contributed by atoms with Crippen molar-refractivity contribution in [3.63, 3.8) is 0 Å². The van der Waals surface area contributed by atoms with Gasteiger partial charge in [-0.25, -0.2) is 4.98 Å². The Morgan fingerprint density at radius 1 is 0.950 bits per heavy atom. The highest BCUT2D eigenvalue weighted by atomic mass is 32.1. The monoisotopic (exact) mass is 556 g/mol. The number of hydrogen-bond acceptors (Lipinski definition) is 9. The van der Waals surface area contributed by atoms with Crippen LogP contribution in [0.4, 0.5) is 0 Å². The van der Waals surface area contributed by atoms with Gasteiger partial charge in [-0.05, 0) is 24.3 Å². The molecule has 5 aromatic rings. The molecule has 3 aromatic carbocycles. The minimum atomic E-state index is -0.574. The molecule has 2 aromatic heterocycles. The SMILES string of the molecule is COc1ccccc1-c1cc(CN2CCN(C[C@@H](O)COc3ccc4sc(-c5ccccc5)nc4c3)CC2)on1. The summed E-state index contributed by atoms with van der Waals surface area (Å²) in [7, 11) is 1.66. The normalized spacial score (nSPS) is 15.3. The Kier molecular flexibility index (Phi) is 8.06. The maximum absolute atomic E-state index is 10.7. The molecule has 0 saturated carbocycles. The van der Waals surface area contributed by atoms with Crippen molar-refractivity contribution in [2.24, 2.45) is 0 Å². The number of thiazole rings is 1. The maximum Gasteiger partial charge on any atom is 0.151 e. The number of nitrogens with zero attached hydrogens (tertiary/aromatic N) is 4. The first kappa shape index (κ1) is 26.5. The molecule has 6 rings (SSSR count). The lowest BCUT2D eigenvalue weighted by Crippen LogP contribution is -2.48. The van der Waals surface area contributed by atoms with E-state index in [1.54, 1.807) is 18.4 Å². The van der Waals surface area contributed by atoms with Crippen LogP contribution in [0.5, 0.6) is 11.5 Å². The van der Waals surface area contributed by atoms with E-state index in [0.29, 0.717) is 13.1 Å². The van der Waals surface area contributed by atoms with Crippen LogP contribution in [0, 0.1) is 0 Å². The third-order valence-electron chi connectivity index (χ3n) is 7.08. The zero-order chi connectivity index (χ0) is 27.3. The molecule has 0 bridgehead atoms. The summed E-state index contributed by atoms with van der Waals surface area (Å²) in [5, 5.41) is 15.9. The fourth-order valence-corrected chi connectivity index (χ4v) is 5.92. The smallest absolute Gasteiger partial charge is 0.151 e. The molecule has 1 atom stereocenters. The molecule has 1 aliphatic rings. The molecule has 9 heteroatoms. The predicted molar refractivity (Wildman–Crippen MR) is 157 cm³/mol. The van der Waals surface area contributed by atoms with Crippen molar-refractivity contribution in [1.29, 1.82) is 0 Å². The van der Waals surface area contributed by atoms with Crippen LogP contribution in [0.2, 0.25) is 0 Å². The largest absolute Gasteiger partial charge is 0.496 e. The second kappa shape index (κ2) is 12.2. The summed E-state index contributed by atoms with van der Waals surface area (Å²) in [5.41, 5.74) is 3.72. The van der Waals surface area contributed by atoms with Crippen molar-refractivity contribution in [3.05, 3.63) is 84.6 Å². The third kappa shape index (κ3) is 6.18. The summed E-state index contributed by atoms with van der Waals surface area (Å²) < 4.78 is 18.1. The van der Waals surface area contributed by atoms with Gasteiger partial charge >= 0.3 is 0 Å². The molecule has 206 valence electrons. The second-order valence-electron chi connectivity index (χ2n) is 9.93. The first-order valence-electron chi connectivity index (χ1n) is 13.4. The number of aromatic nitrogens is 2. The molecule has 3 heterocycles. The molecule has 8 nitrogen and oxygen atoms in total. The lowest BCUT2D eigenvalue weighted by Gasteiger charge is -2.35. The summed E-state index contributed by atoms with van der Waals surface area (Å²) >= 11 is 1.67. The molecule has 40 heavy (non-hydrogen) atoms. The van der Waals surface area contributed by atoms with Crippen molar-refractivity contribution in [1.82, 2.24) is 19.9 Å². The van der Waals surface area contributed by atoms with Gasteiger partial charge < -0.3 is 19.1 Å². The summed E-state index contributed by atoms with van der Waals surface area (Å²) in [6.07, 6.45) is -0.574. The van der Waals surface area contributed by atoms with Gasteiger partial charge in [0.2, 0.25) is 0 Å². The van der Waals surface area contributed by atoms with Gasteiger partial charge in [0.15, 0.2) is 5.76 Å². The van der Waals surface area contributed by atoms with E-state index < -0.39 is 6.10 Å². The summed E-state index contributed by atoms with van der Waals surface area (Å²) in [5.74, 6) is 2.33. The quantitative estimate of drug-likeness (QED) is 0.252. The van der Waals surface area contributed by atoms with E-state index in [1.807, 2.05) is 66.7 Å². The van der Waals surface area contributed by atoms with Crippen LogP contribution in [0.25, 0.3) is 32.0 Å². The van der Waals surface area contributed by atoms with Gasteiger partial charge in [0.25, 0.3) is 0 Å². The molecule has 1 fully saturated rings. The van der Waals surface area contributed by atoms with Gasteiger partial charge in [0, 0.05) is 56.0 Å². The van der Waals surface area contributed by atoms with E-state index >= 15 is 0 Å². The third-order valence-corrected chi connectivity index (χ3v) is 8.16. The number of piperazine rings is 1. The number of fused-ring (bicyclic) bond motifs is 1. The fraction of sp³-hybridized carbons (Fsp3) is 0.290. The zero-order valence-corrected chi connectivity index (χ0v) is 23.2. The van der Waals surface area contributed by atoms with Crippen LogP contribution in [-0.4, -0.2) is 77.6 Å². The van der Waals surface area contributed by atoms with E-state index in [-0.39, 0.29) is 6.61 Å². The molecule has 0 spiro atoms. The molecular formula is C31H32N4O4S. The zero-order valence-electron chi connectivity index (χ0n) is 22.4. The highest BCUT2D eigenvalue weighted by molar-refractivity contribution is 7.21. The van der Waals surface area contributed by atoms with Crippen LogP contribution >= 0.6 is 11.3 Å². The lowest BCUT2D eigenvalue weighted by atomic mass is 10.1.